The number of nitrogens with one attached hydrogen (secondary N) is 1. The molecule has 0 unspecified atom stereocenters. The zero-order valence-corrected chi connectivity index (χ0v) is 9.66. The van der Waals surface area contributed by atoms with Crippen LogP contribution in [0.1, 0.15) is 0 Å². The first kappa shape index (κ1) is 12.4. The van der Waals surface area contributed by atoms with E-state index in [0.717, 1.165) is 18.3 Å². The second-order valence-corrected chi connectivity index (χ2v) is 4.95. The predicted octanol–water partition coefficient (Wildman–Crippen LogP) is 1.56. The Morgan fingerprint density at radius 3 is 2.56 bits per heavy atom. The summed E-state index contributed by atoms with van der Waals surface area (Å²) in [7, 11) is -3.96. The van der Waals surface area contributed by atoms with Gasteiger partial charge in [-0.15, -0.1) is 0 Å². The lowest BCUT2D eigenvalue weighted by Crippen LogP contribution is -2.14. The molecule has 0 aliphatic heterocycles. The first-order valence-corrected chi connectivity index (χ1v) is 6.22. The summed E-state index contributed by atoms with van der Waals surface area (Å²) < 4.78 is 51.3. The second-order valence-electron chi connectivity index (χ2n) is 3.27. The SMILES string of the molecule is O=S(=O)(Nc1ccc(F)nc1F)c1cccnc1. The minimum absolute atomic E-state index is 0.131. The molecule has 0 saturated carbocycles. The third-order valence-electron chi connectivity index (χ3n) is 2.00. The third-order valence-corrected chi connectivity index (χ3v) is 3.35. The molecule has 0 amide bonds. The van der Waals surface area contributed by atoms with E-state index in [2.05, 4.69) is 9.97 Å². The van der Waals surface area contributed by atoms with E-state index in [1.807, 2.05) is 4.72 Å². The number of anilines is 1. The van der Waals surface area contributed by atoms with Crippen LogP contribution in [0.2, 0.25) is 0 Å². The molecule has 2 aromatic rings. The van der Waals surface area contributed by atoms with Gasteiger partial charge < -0.3 is 0 Å². The Morgan fingerprint density at radius 2 is 1.94 bits per heavy atom. The van der Waals surface area contributed by atoms with Crippen LogP contribution in [0, 0.1) is 11.9 Å². The van der Waals surface area contributed by atoms with E-state index >= 15 is 0 Å². The number of nitrogens with zero attached hydrogens (tertiary/aromatic N) is 2. The maximum atomic E-state index is 13.2. The van der Waals surface area contributed by atoms with E-state index in [9.17, 15) is 17.2 Å². The highest BCUT2D eigenvalue weighted by atomic mass is 32.2. The van der Waals surface area contributed by atoms with Crippen molar-refractivity contribution >= 4 is 15.7 Å². The molecule has 2 aromatic heterocycles. The fourth-order valence-corrected chi connectivity index (χ4v) is 2.21. The van der Waals surface area contributed by atoms with Gasteiger partial charge in [-0.2, -0.15) is 13.8 Å². The van der Waals surface area contributed by atoms with Crippen LogP contribution in [0.5, 0.6) is 0 Å². The Balaban J connectivity index is 2.34. The van der Waals surface area contributed by atoms with Crippen LogP contribution in [-0.2, 0) is 10.0 Å². The fraction of sp³-hybridized carbons (Fsp3) is 0. The lowest BCUT2D eigenvalue weighted by Gasteiger charge is -2.07. The number of pyridine rings is 2. The van der Waals surface area contributed by atoms with Gasteiger partial charge in [-0.05, 0) is 24.3 Å². The number of hydrogen-bond donors (Lipinski definition) is 1. The van der Waals surface area contributed by atoms with Gasteiger partial charge in [-0.3, -0.25) is 9.71 Å². The standard InChI is InChI=1S/C10H7F2N3O2S/c11-9-4-3-8(10(12)14-9)15-18(16,17)7-2-1-5-13-6-7/h1-6,15H. The van der Waals surface area contributed by atoms with Gasteiger partial charge in [0.1, 0.15) is 10.6 Å². The topological polar surface area (TPSA) is 72.0 Å². The summed E-state index contributed by atoms with van der Waals surface area (Å²) in [5.74, 6) is -2.26. The summed E-state index contributed by atoms with van der Waals surface area (Å²) in [4.78, 5) is 6.39. The summed E-state index contributed by atoms with van der Waals surface area (Å²) in [6.45, 7) is 0. The average Bonchev–Trinajstić information content (AvgIpc) is 2.34. The highest BCUT2D eigenvalue weighted by Gasteiger charge is 2.17. The van der Waals surface area contributed by atoms with Gasteiger partial charge in [-0.25, -0.2) is 8.42 Å². The molecular weight excluding hydrogens is 264 g/mol. The van der Waals surface area contributed by atoms with Crippen molar-refractivity contribution < 1.29 is 17.2 Å². The molecule has 94 valence electrons. The van der Waals surface area contributed by atoms with Crippen LogP contribution >= 0.6 is 0 Å². The molecule has 0 fully saturated rings. The summed E-state index contributed by atoms with van der Waals surface area (Å²) in [5.41, 5.74) is -0.430. The van der Waals surface area contributed by atoms with Gasteiger partial charge in [0.2, 0.25) is 11.9 Å². The Kier molecular flexibility index (Phi) is 3.19. The molecule has 0 radical (unpaired) electrons. The van der Waals surface area contributed by atoms with Crippen LogP contribution in [0.15, 0.2) is 41.6 Å². The Bertz CT molecular complexity index is 662. The van der Waals surface area contributed by atoms with Gasteiger partial charge in [0, 0.05) is 12.4 Å². The van der Waals surface area contributed by atoms with Crippen molar-refractivity contribution in [3.8, 4) is 0 Å². The number of sulfonamides is 1. The maximum Gasteiger partial charge on any atom is 0.263 e. The van der Waals surface area contributed by atoms with E-state index in [1.54, 1.807) is 0 Å². The highest BCUT2D eigenvalue weighted by molar-refractivity contribution is 7.92. The van der Waals surface area contributed by atoms with Crippen LogP contribution in [0.4, 0.5) is 14.5 Å². The summed E-state index contributed by atoms with van der Waals surface area (Å²) in [6.07, 6.45) is 2.51. The molecule has 0 aromatic carbocycles. The van der Waals surface area contributed by atoms with Crippen LogP contribution in [0.3, 0.4) is 0 Å². The molecule has 2 rings (SSSR count). The number of aromatic nitrogens is 2. The van der Waals surface area contributed by atoms with Gasteiger partial charge in [0.15, 0.2) is 0 Å². The molecule has 0 aliphatic carbocycles. The summed E-state index contributed by atoms with van der Waals surface area (Å²) >= 11 is 0. The minimum Gasteiger partial charge on any atom is -0.275 e. The minimum atomic E-state index is -3.96. The van der Waals surface area contributed by atoms with E-state index < -0.39 is 27.6 Å². The van der Waals surface area contributed by atoms with Crippen molar-refractivity contribution in [2.24, 2.45) is 0 Å². The molecule has 8 heteroatoms. The Morgan fingerprint density at radius 1 is 1.17 bits per heavy atom. The highest BCUT2D eigenvalue weighted by Crippen LogP contribution is 2.17. The molecule has 0 bridgehead atoms. The molecule has 0 spiro atoms. The predicted molar refractivity (Wildman–Crippen MR) is 59.2 cm³/mol. The second kappa shape index (κ2) is 4.65. The zero-order valence-electron chi connectivity index (χ0n) is 8.84. The number of halogens is 2. The third kappa shape index (κ3) is 2.59. The van der Waals surface area contributed by atoms with E-state index in [-0.39, 0.29) is 4.90 Å². The van der Waals surface area contributed by atoms with Gasteiger partial charge in [0.25, 0.3) is 10.0 Å². The average molecular weight is 271 g/mol. The van der Waals surface area contributed by atoms with Crippen molar-refractivity contribution in [2.75, 3.05) is 4.72 Å². The molecule has 2 heterocycles. The monoisotopic (exact) mass is 271 g/mol. The van der Waals surface area contributed by atoms with Crippen molar-refractivity contribution in [1.82, 2.24) is 9.97 Å². The van der Waals surface area contributed by atoms with E-state index in [1.165, 1.54) is 18.3 Å². The lowest BCUT2D eigenvalue weighted by atomic mass is 10.4. The van der Waals surface area contributed by atoms with Crippen molar-refractivity contribution in [3.05, 3.63) is 48.6 Å². The first-order chi connectivity index (χ1) is 8.49. The smallest absolute Gasteiger partial charge is 0.263 e. The van der Waals surface area contributed by atoms with Crippen molar-refractivity contribution in [3.63, 3.8) is 0 Å². The summed E-state index contributed by atoms with van der Waals surface area (Å²) in [5, 5.41) is 0. The quantitative estimate of drug-likeness (QED) is 0.860. The van der Waals surface area contributed by atoms with E-state index in [0.29, 0.717) is 0 Å². The normalized spacial score (nSPS) is 11.2. The number of rotatable bonds is 3. The first-order valence-electron chi connectivity index (χ1n) is 4.74. The Labute approximate surface area is 102 Å². The molecule has 0 atom stereocenters. The summed E-state index contributed by atoms with van der Waals surface area (Å²) in [6, 6.07) is 4.52. The van der Waals surface area contributed by atoms with Crippen LogP contribution in [0.25, 0.3) is 0 Å². The van der Waals surface area contributed by atoms with Crippen molar-refractivity contribution in [1.29, 1.82) is 0 Å². The van der Waals surface area contributed by atoms with Crippen LogP contribution < -0.4 is 4.72 Å². The largest absolute Gasteiger partial charge is 0.275 e. The van der Waals surface area contributed by atoms with Gasteiger partial charge in [0.05, 0.1) is 0 Å². The van der Waals surface area contributed by atoms with Crippen LogP contribution in [-0.4, -0.2) is 18.4 Å². The fourth-order valence-electron chi connectivity index (χ4n) is 1.20. The zero-order chi connectivity index (χ0) is 13.2. The van der Waals surface area contributed by atoms with Gasteiger partial charge >= 0.3 is 0 Å². The molecule has 0 saturated heterocycles. The van der Waals surface area contributed by atoms with E-state index in [4.69, 9.17) is 0 Å². The molecule has 0 aliphatic rings. The lowest BCUT2D eigenvalue weighted by molar-refractivity contribution is 0.515. The number of hydrogen-bond acceptors (Lipinski definition) is 4. The molecule has 5 nitrogen and oxygen atoms in total. The maximum absolute atomic E-state index is 13.2. The Hall–Kier alpha value is -2.09. The molecular formula is C10H7F2N3O2S. The molecule has 18 heavy (non-hydrogen) atoms. The van der Waals surface area contributed by atoms with Crippen molar-refractivity contribution in [2.45, 2.75) is 4.90 Å². The molecule has 1 N–H and O–H groups in total. The van der Waals surface area contributed by atoms with Gasteiger partial charge in [-0.1, -0.05) is 0 Å².